The van der Waals surface area contributed by atoms with E-state index in [1.807, 2.05) is 20.8 Å². The van der Waals surface area contributed by atoms with Crippen molar-refractivity contribution in [3.05, 3.63) is 70.4 Å². The summed E-state index contributed by atoms with van der Waals surface area (Å²) >= 11 is 0. The van der Waals surface area contributed by atoms with Crippen LogP contribution >= 0.6 is 0 Å². The zero-order valence-corrected chi connectivity index (χ0v) is 19.0. The minimum atomic E-state index is -1.32. The molecule has 2 aromatic heterocycles. The summed E-state index contributed by atoms with van der Waals surface area (Å²) in [6.07, 6.45) is 3.45. The lowest BCUT2D eigenvalue weighted by molar-refractivity contribution is -0.108. The van der Waals surface area contributed by atoms with Gasteiger partial charge in [0.1, 0.15) is 23.3 Å². The molecule has 174 valence electrons. The van der Waals surface area contributed by atoms with Gasteiger partial charge in [-0.15, -0.1) is 0 Å². The number of halogens is 2. The Labute approximate surface area is 193 Å². The van der Waals surface area contributed by atoms with Crippen LogP contribution in [0.1, 0.15) is 67.0 Å². The fraction of sp³-hybridized carbons (Fsp3) is 0.385. The molecule has 1 aliphatic rings. The summed E-state index contributed by atoms with van der Waals surface area (Å²) < 4.78 is 30.2. The molecule has 2 heterocycles. The van der Waals surface area contributed by atoms with E-state index in [0.29, 0.717) is 29.5 Å². The van der Waals surface area contributed by atoms with Crippen LogP contribution in [-0.2, 0) is 17.6 Å². The van der Waals surface area contributed by atoms with Crippen LogP contribution in [-0.4, -0.2) is 27.8 Å². The highest BCUT2D eigenvalue weighted by molar-refractivity contribution is 5.98. The average Bonchev–Trinajstić information content (AvgIpc) is 2.78. The summed E-state index contributed by atoms with van der Waals surface area (Å²) in [5.41, 5.74) is 1.94. The molecule has 1 aromatic carbocycles. The van der Waals surface area contributed by atoms with Crippen molar-refractivity contribution in [1.29, 1.82) is 0 Å². The van der Waals surface area contributed by atoms with Crippen molar-refractivity contribution < 1.29 is 19.8 Å². The van der Waals surface area contributed by atoms with Gasteiger partial charge in [0.05, 0.1) is 6.04 Å². The number of carbonyl (C=O) groups excluding carboxylic acids is 2. The highest BCUT2D eigenvalue weighted by atomic mass is 19.1. The Bertz CT molecular complexity index is 1220. The van der Waals surface area contributed by atoms with Crippen LogP contribution < -0.4 is 5.32 Å². The van der Waals surface area contributed by atoms with E-state index >= 15 is 4.39 Å². The smallest absolute Gasteiger partial charge is 0.251 e. The molecule has 5 nitrogen and oxygen atoms in total. The Morgan fingerprint density at radius 3 is 2.76 bits per heavy atom. The predicted octanol–water partition coefficient (Wildman–Crippen LogP) is 5.24. The first-order valence-electron chi connectivity index (χ1n) is 11.2. The molecule has 0 radical (unpaired) electrons. The average molecular weight is 454 g/mol. The molecule has 0 saturated carbocycles. The molecule has 0 saturated heterocycles. The third-order valence-electron chi connectivity index (χ3n) is 6.57. The van der Waals surface area contributed by atoms with Gasteiger partial charge in [0.2, 0.25) is 0 Å². The molecule has 1 N–H and O–H groups in total. The maximum Gasteiger partial charge on any atom is 0.251 e. The number of hydrogen-bond donors (Lipinski definition) is 1. The maximum absolute atomic E-state index is 15.3. The zero-order chi connectivity index (χ0) is 23.8. The number of amides is 1. The molecule has 4 rings (SSSR count). The quantitative estimate of drug-likeness (QED) is 0.519. The van der Waals surface area contributed by atoms with Crippen molar-refractivity contribution in [2.45, 2.75) is 58.2 Å². The summed E-state index contributed by atoms with van der Waals surface area (Å²) in [6, 6.07) is 7.48. The fourth-order valence-electron chi connectivity index (χ4n) is 4.35. The maximum atomic E-state index is 15.3. The number of nitrogens with one attached hydrogen (secondary N) is 1. The normalized spacial score (nSPS) is 18.7. The second-order valence-electron chi connectivity index (χ2n) is 9.15. The molecular formula is C26H29F2N3O2. The Balaban J connectivity index is 0.00000324. The molecule has 2 atom stereocenters. The molecule has 1 amide bonds. The van der Waals surface area contributed by atoms with E-state index in [-0.39, 0.29) is 31.3 Å². The second kappa shape index (κ2) is 8.96. The van der Waals surface area contributed by atoms with E-state index in [2.05, 4.69) is 15.3 Å². The van der Waals surface area contributed by atoms with Crippen molar-refractivity contribution in [2.24, 2.45) is 5.92 Å². The van der Waals surface area contributed by atoms with Gasteiger partial charge in [0.25, 0.3) is 5.91 Å². The minimum Gasteiger partial charge on any atom is -0.345 e. The van der Waals surface area contributed by atoms with Crippen molar-refractivity contribution in [2.75, 3.05) is 0 Å². The number of alkyl halides is 1. The first kappa shape index (κ1) is 23.0. The summed E-state index contributed by atoms with van der Waals surface area (Å²) in [6.45, 7) is 5.57. The number of aromatic nitrogens is 2. The van der Waals surface area contributed by atoms with Crippen LogP contribution in [0.25, 0.3) is 10.9 Å². The fourth-order valence-corrected chi connectivity index (χ4v) is 4.35. The Hall–Kier alpha value is -3.22. The lowest BCUT2D eigenvalue weighted by Gasteiger charge is -2.34. The summed E-state index contributed by atoms with van der Waals surface area (Å²) in [5.74, 6) is -1.26. The van der Waals surface area contributed by atoms with E-state index < -0.39 is 23.4 Å². The standard InChI is InChI=1S/C26H27F2N3O2.H2/c1-15(2)26(28)8-6-22-20(13-26)11-18-10-19(12-21(27)24(18)30-22)25(33)31-23(7-9-32)17-5-4-16(3)29-14-17;/h4-5,9-12,14-15,23H,6-8,13H2,1-3H3,(H,31,33);1H/t23-,26+;/m1./s1. The number of aryl methyl sites for hydroxylation is 2. The van der Waals surface area contributed by atoms with Gasteiger partial charge in [-0.1, -0.05) is 19.9 Å². The minimum absolute atomic E-state index is 0. The number of nitrogens with zero attached hydrogens (tertiary/aromatic N) is 2. The Kier molecular flexibility index (Phi) is 6.23. The highest BCUT2D eigenvalue weighted by Crippen LogP contribution is 2.38. The topological polar surface area (TPSA) is 72.0 Å². The zero-order valence-electron chi connectivity index (χ0n) is 19.0. The molecule has 0 unspecified atom stereocenters. The SMILES string of the molecule is Cc1ccc([C@@H](CC=O)NC(=O)c2cc(F)c3nc4c(cc3c2)C[C@](F)(C(C)C)CC4)cn1.[HH]. The van der Waals surface area contributed by atoms with Gasteiger partial charge >= 0.3 is 0 Å². The number of pyridine rings is 2. The van der Waals surface area contributed by atoms with E-state index in [9.17, 15) is 14.0 Å². The van der Waals surface area contributed by atoms with Crippen LogP contribution in [0.5, 0.6) is 0 Å². The van der Waals surface area contributed by atoms with Gasteiger partial charge in [-0.2, -0.15) is 0 Å². The van der Waals surface area contributed by atoms with Gasteiger partial charge in [-0.25, -0.2) is 13.8 Å². The molecule has 7 heteroatoms. The molecule has 0 aliphatic heterocycles. The van der Waals surface area contributed by atoms with Crippen LogP contribution in [0.3, 0.4) is 0 Å². The summed E-state index contributed by atoms with van der Waals surface area (Å²) in [4.78, 5) is 32.8. The van der Waals surface area contributed by atoms with E-state index in [0.717, 1.165) is 23.6 Å². The van der Waals surface area contributed by atoms with Gasteiger partial charge in [0, 0.05) is 42.8 Å². The molecular weight excluding hydrogens is 424 g/mol. The first-order valence-corrected chi connectivity index (χ1v) is 11.2. The van der Waals surface area contributed by atoms with Crippen LogP contribution in [0.4, 0.5) is 8.78 Å². The largest absolute Gasteiger partial charge is 0.345 e. The van der Waals surface area contributed by atoms with Gasteiger partial charge < -0.3 is 10.1 Å². The van der Waals surface area contributed by atoms with Crippen LogP contribution in [0.2, 0.25) is 0 Å². The Morgan fingerprint density at radius 2 is 2.09 bits per heavy atom. The van der Waals surface area contributed by atoms with Crippen LogP contribution in [0.15, 0.2) is 36.5 Å². The van der Waals surface area contributed by atoms with Crippen molar-refractivity contribution in [1.82, 2.24) is 15.3 Å². The van der Waals surface area contributed by atoms with E-state index in [1.165, 1.54) is 0 Å². The monoisotopic (exact) mass is 453 g/mol. The van der Waals surface area contributed by atoms with Crippen LogP contribution in [0, 0.1) is 18.7 Å². The van der Waals surface area contributed by atoms with Crippen molar-refractivity contribution >= 4 is 23.1 Å². The second-order valence-corrected chi connectivity index (χ2v) is 9.15. The van der Waals surface area contributed by atoms with Crippen molar-refractivity contribution in [3.8, 4) is 0 Å². The molecule has 33 heavy (non-hydrogen) atoms. The number of hydrogen-bond acceptors (Lipinski definition) is 4. The lowest BCUT2D eigenvalue weighted by Crippen LogP contribution is -2.36. The summed E-state index contributed by atoms with van der Waals surface area (Å²) in [7, 11) is 0. The van der Waals surface area contributed by atoms with E-state index in [1.54, 1.807) is 30.5 Å². The van der Waals surface area contributed by atoms with E-state index in [4.69, 9.17) is 0 Å². The number of benzene rings is 1. The van der Waals surface area contributed by atoms with Crippen molar-refractivity contribution in [3.63, 3.8) is 0 Å². The highest BCUT2D eigenvalue weighted by Gasteiger charge is 2.38. The predicted molar refractivity (Wildman–Crippen MR) is 124 cm³/mol. The molecule has 1 aliphatic carbocycles. The number of fused-ring (bicyclic) bond motifs is 2. The lowest BCUT2D eigenvalue weighted by atomic mass is 9.77. The number of rotatable bonds is 6. The third kappa shape index (κ3) is 4.63. The molecule has 0 spiro atoms. The van der Waals surface area contributed by atoms with Gasteiger partial charge in [0.15, 0.2) is 0 Å². The Morgan fingerprint density at radius 1 is 1.30 bits per heavy atom. The first-order chi connectivity index (χ1) is 15.7. The molecule has 0 bridgehead atoms. The molecule has 0 fully saturated rings. The number of carbonyl (C=O) groups is 2. The third-order valence-corrected chi connectivity index (χ3v) is 6.57. The van der Waals surface area contributed by atoms with Gasteiger partial charge in [-0.3, -0.25) is 9.78 Å². The summed E-state index contributed by atoms with van der Waals surface area (Å²) in [5, 5.41) is 3.25. The molecule has 3 aromatic rings. The number of aldehydes is 1. The van der Waals surface area contributed by atoms with Gasteiger partial charge in [-0.05, 0) is 61.1 Å².